The van der Waals surface area contributed by atoms with E-state index in [9.17, 15) is 15.0 Å². The molecule has 7 rings (SSSR count). The molecule has 35 heavy (non-hydrogen) atoms. The van der Waals surface area contributed by atoms with Crippen LogP contribution in [0.2, 0.25) is 0 Å². The number of amides is 1. The van der Waals surface area contributed by atoms with E-state index in [1.807, 2.05) is 6.07 Å². The van der Waals surface area contributed by atoms with Crippen LogP contribution in [-0.4, -0.2) is 69.8 Å². The van der Waals surface area contributed by atoms with Gasteiger partial charge in [0.05, 0.1) is 28.9 Å². The van der Waals surface area contributed by atoms with Crippen molar-refractivity contribution in [1.82, 2.24) is 9.80 Å². The van der Waals surface area contributed by atoms with E-state index in [4.69, 9.17) is 9.15 Å². The van der Waals surface area contributed by atoms with E-state index in [0.29, 0.717) is 24.2 Å². The van der Waals surface area contributed by atoms with Gasteiger partial charge in [-0.3, -0.25) is 9.69 Å². The quantitative estimate of drug-likeness (QED) is 0.665. The highest BCUT2D eigenvalue weighted by Gasteiger charge is 2.73. The van der Waals surface area contributed by atoms with Gasteiger partial charge in [-0.05, 0) is 68.7 Å². The third kappa shape index (κ3) is 2.84. The summed E-state index contributed by atoms with van der Waals surface area (Å²) in [6, 6.07) is 5.21. The molecular weight excluding hydrogens is 444 g/mol. The van der Waals surface area contributed by atoms with Crippen molar-refractivity contribution in [3.8, 4) is 23.3 Å². The first-order valence-corrected chi connectivity index (χ1v) is 12.7. The minimum absolute atomic E-state index is 0.0220. The second kappa shape index (κ2) is 7.28. The Kier molecular flexibility index (Phi) is 4.44. The van der Waals surface area contributed by atoms with Gasteiger partial charge in [0.2, 0.25) is 0 Å². The number of aliphatic hydroxyl groups is 1. The molecule has 3 aliphatic carbocycles. The van der Waals surface area contributed by atoms with Crippen molar-refractivity contribution in [2.24, 2.45) is 5.92 Å². The third-order valence-electron chi connectivity index (χ3n) is 9.38. The molecule has 2 N–H and O–H groups in total. The van der Waals surface area contributed by atoms with Gasteiger partial charge in [0.15, 0.2) is 11.5 Å². The lowest BCUT2D eigenvalue weighted by molar-refractivity contribution is -0.199. The van der Waals surface area contributed by atoms with Gasteiger partial charge < -0.3 is 24.3 Å². The van der Waals surface area contributed by atoms with Gasteiger partial charge in [0, 0.05) is 31.1 Å². The molecule has 5 aliphatic rings. The fourth-order valence-corrected chi connectivity index (χ4v) is 7.55. The maximum absolute atomic E-state index is 13.1. The summed E-state index contributed by atoms with van der Waals surface area (Å²) in [5.74, 6) is 6.66. The van der Waals surface area contributed by atoms with Crippen molar-refractivity contribution in [1.29, 1.82) is 0 Å². The number of piperidine rings is 1. The molecule has 182 valence electrons. The van der Waals surface area contributed by atoms with Crippen LogP contribution in [0.4, 0.5) is 0 Å². The Morgan fingerprint density at radius 3 is 2.89 bits per heavy atom. The summed E-state index contributed by atoms with van der Waals surface area (Å²) in [5.41, 5.74) is 1.18. The topological polar surface area (TPSA) is 86.4 Å². The van der Waals surface area contributed by atoms with E-state index in [-0.39, 0.29) is 23.7 Å². The summed E-state index contributed by atoms with van der Waals surface area (Å²) in [6.45, 7) is 1.93. The number of phenols is 1. The van der Waals surface area contributed by atoms with E-state index in [0.717, 1.165) is 43.0 Å². The van der Waals surface area contributed by atoms with Gasteiger partial charge in [-0.1, -0.05) is 12.0 Å². The van der Waals surface area contributed by atoms with E-state index < -0.39 is 17.1 Å². The lowest BCUT2D eigenvalue weighted by Crippen LogP contribution is -2.78. The van der Waals surface area contributed by atoms with Gasteiger partial charge in [-0.25, -0.2) is 0 Å². The Hall–Kier alpha value is -2.95. The molecule has 7 nitrogen and oxygen atoms in total. The number of carbonyl (C=O) groups is 1. The molecule has 2 aromatic rings. The average molecular weight is 475 g/mol. The predicted octanol–water partition coefficient (Wildman–Crippen LogP) is 2.43. The molecule has 2 bridgehead atoms. The predicted molar refractivity (Wildman–Crippen MR) is 127 cm³/mol. The highest BCUT2D eigenvalue weighted by Crippen LogP contribution is 2.66. The molecule has 2 saturated carbocycles. The summed E-state index contributed by atoms with van der Waals surface area (Å²) >= 11 is 0. The SMILES string of the molecule is CN(C(=O)C#Cc1ccoc1)[C@@H]1CC[C@@]2(O)[C@@H]3Cc4ccc(O)c5c4[C@@]2(CCN3CC2CC2)[C@H]1O5. The zero-order chi connectivity index (χ0) is 23.9. The monoisotopic (exact) mass is 474 g/mol. The third-order valence-corrected chi connectivity index (χ3v) is 9.38. The van der Waals surface area contributed by atoms with Crippen molar-refractivity contribution in [3.05, 3.63) is 47.4 Å². The number of hydrogen-bond donors (Lipinski definition) is 2. The Balaban J connectivity index is 1.29. The second-order valence-electron chi connectivity index (χ2n) is 11.1. The molecule has 1 aromatic heterocycles. The lowest BCUT2D eigenvalue weighted by atomic mass is 9.48. The van der Waals surface area contributed by atoms with Crippen LogP contribution in [-0.2, 0) is 16.6 Å². The van der Waals surface area contributed by atoms with Gasteiger partial charge in [0.25, 0.3) is 5.91 Å². The number of hydrogen-bond acceptors (Lipinski definition) is 6. The van der Waals surface area contributed by atoms with Crippen molar-refractivity contribution in [3.63, 3.8) is 0 Å². The number of likely N-dealkylation sites (tertiary alicyclic amines) is 1. The number of rotatable bonds is 3. The normalized spacial score (nSPS) is 34.4. The van der Waals surface area contributed by atoms with E-state index in [1.54, 1.807) is 24.1 Å². The Morgan fingerprint density at radius 2 is 2.11 bits per heavy atom. The molecule has 1 spiro atoms. The first-order chi connectivity index (χ1) is 16.9. The van der Waals surface area contributed by atoms with Gasteiger partial charge in [-0.2, -0.15) is 0 Å². The maximum Gasteiger partial charge on any atom is 0.298 e. The Morgan fingerprint density at radius 1 is 1.26 bits per heavy atom. The summed E-state index contributed by atoms with van der Waals surface area (Å²) in [7, 11) is 1.77. The first kappa shape index (κ1) is 21.3. The summed E-state index contributed by atoms with van der Waals surface area (Å²) in [5, 5.41) is 23.3. The van der Waals surface area contributed by atoms with E-state index in [1.165, 1.54) is 25.4 Å². The molecule has 7 heteroatoms. The average Bonchev–Trinajstić information content (AvgIpc) is 3.36. The zero-order valence-corrected chi connectivity index (χ0v) is 19.9. The maximum atomic E-state index is 13.1. The molecule has 5 atom stereocenters. The molecule has 1 saturated heterocycles. The number of ether oxygens (including phenoxy) is 1. The summed E-state index contributed by atoms with van der Waals surface area (Å²) in [4.78, 5) is 17.3. The minimum Gasteiger partial charge on any atom is -0.504 e. The lowest BCUT2D eigenvalue weighted by Gasteiger charge is -2.64. The molecule has 0 unspecified atom stereocenters. The van der Waals surface area contributed by atoms with Crippen LogP contribution in [0.25, 0.3) is 0 Å². The number of likely N-dealkylation sites (N-methyl/N-ethyl adjacent to an activating group) is 1. The van der Waals surface area contributed by atoms with Crippen LogP contribution >= 0.6 is 0 Å². The Labute approximate surface area is 204 Å². The number of benzene rings is 1. The fraction of sp³-hybridized carbons (Fsp3) is 0.536. The first-order valence-electron chi connectivity index (χ1n) is 12.7. The van der Waals surface area contributed by atoms with E-state index >= 15 is 0 Å². The van der Waals surface area contributed by atoms with Gasteiger partial charge in [-0.15, -0.1) is 0 Å². The molecule has 2 aliphatic heterocycles. The second-order valence-corrected chi connectivity index (χ2v) is 11.1. The fourth-order valence-electron chi connectivity index (χ4n) is 7.55. The molecule has 3 fully saturated rings. The number of phenolic OH excluding ortho intramolecular Hbond substituents is 1. The van der Waals surface area contributed by atoms with Crippen molar-refractivity contribution < 1.29 is 24.2 Å². The van der Waals surface area contributed by atoms with Crippen molar-refractivity contribution in [2.75, 3.05) is 20.1 Å². The molecule has 3 heterocycles. The summed E-state index contributed by atoms with van der Waals surface area (Å²) < 4.78 is 11.6. The summed E-state index contributed by atoms with van der Waals surface area (Å²) in [6.07, 6.45) is 7.89. The van der Waals surface area contributed by atoms with Gasteiger partial charge >= 0.3 is 0 Å². The number of aromatic hydroxyl groups is 1. The van der Waals surface area contributed by atoms with Crippen LogP contribution in [0.3, 0.4) is 0 Å². The van der Waals surface area contributed by atoms with Crippen LogP contribution in [0.15, 0.2) is 35.1 Å². The number of furan rings is 1. The van der Waals surface area contributed by atoms with Crippen LogP contribution in [0, 0.1) is 17.8 Å². The number of nitrogens with zero attached hydrogens (tertiary/aromatic N) is 2. The highest BCUT2D eigenvalue weighted by atomic mass is 16.5. The molecule has 1 amide bonds. The van der Waals surface area contributed by atoms with Crippen LogP contribution < -0.4 is 4.74 Å². The molecular formula is C28H30N2O5. The molecule has 1 aromatic carbocycles. The highest BCUT2D eigenvalue weighted by molar-refractivity contribution is 5.94. The van der Waals surface area contributed by atoms with E-state index in [2.05, 4.69) is 16.7 Å². The van der Waals surface area contributed by atoms with Crippen molar-refractivity contribution >= 4 is 5.91 Å². The zero-order valence-electron chi connectivity index (χ0n) is 19.9. The van der Waals surface area contributed by atoms with Crippen LogP contribution in [0.5, 0.6) is 11.5 Å². The molecule has 0 radical (unpaired) electrons. The smallest absolute Gasteiger partial charge is 0.298 e. The minimum atomic E-state index is -0.959. The number of carbonyl (C=O) groups excluding carboxylic acids is 1. The van der Waals surface area contributed by atoms with Gasteiger partial charge in [0.1, 0.15) is 12.4 Å². The van der Waals surface area contributed by atoms with Crippen molar-refractivity contribution in [2.45, 2.75) is 67.7 Å². The van der Waals surface area contributed by atoms with Crippen LogP contribution in [0.1, 0.15) is 48.8 Å². The standard InChI is InChI=1S/C28H30N2O5/c1-29(23(32)7-4-18-9-13-34-16-18)20-8-10-28(33)22-14-19-5-6-21(31)25-24(19)27(28,26(20)35-25)11-12-30(22)15-17-2-3-17/h5-6,9,13,16-17,20,22,26,31,33H,2-3,8,10-12,14-15H2,1H3/t20-,22+,26+,27+,28-/m1/s1. The largest absolute Gasteiger partial charge is 0.504 e. The Bertz CT molecular complexity index is 1260.